The van der Waals surface area contributed by atoms with Crippen molar-refractivity contribution in [3.05, 3.63) is 35.4 Å². The van der Waals surface area contributed by atoms with Crippen molar-refractivity contribution in [3.8, 4) is 0 Å². The van der Waals surface area contributed by atoms with E-state index < -0.39 is 11.6 Å². The van der Waals surface area contributed by atoms with E-state index >= 15 is 0 Å². The van der Waals surface area contributed by atoms with Gasteiger partial charge in [0.25, 0.3) is 0 Å². The number of hydrogen-bond acceptors (Lipinski definition) is 1. The Morgan fingerprint density at radius 2 is 1.58 bits per heavy atom. The van der Waals surface area contributed by atoms with E-state index in [0.717, 1.165) is 12.5 Å². The van der Waals surface area contributed by atoms with Crippen molar-refractivity contribution in [1.29, 1.82) is 0 Å². The number of rotatable bonds is 4. The number of hydrogen-bond donors (Lipinski definition) is 1. The molecule has 19 heavy (non-hydrogen) atoms. The van der Waals surface area contributed by atoms with Gasteiger partial charge in [-0.15, -0.1) is 0 Å². The summed E-state index contributed by atoms with van der Waals surface area (Å²) in [5.41, 5.74) is 6.81. The fraction of sp³-hybridized carbons (Fsp3) is 0.625. The Bertz CT molecular complexity index is 377. The molecule has 0 aromatic heterocycles. The molecule has 0 spiro atoms. The van der Waals surface area contributed by atoms with E-state index in [-0.39, 0.29) is 6.04 Å². The molecule has 0 saturated heterocycles. The highest BCUT2D eigenvalue weighted by Crippen LogP contribution is 2.26. The highest BCUT2D eigenvalue weighted by atomic mass is 19.1. The normalized spacial score (nSPS) is 19.1. The zero-order chi connectivity index (χ0) is 13.7. The molecule has 1 aliphatic rings. The van der Waals surface area contributed by atoms with Crippen molar-refractivity contribution in [2.24, 2.45) is 11.7 Å². The lowest BCUT2D eigenvalue weighted by atomic mass is 9.90. The first kappa shape index (κ1) is 14.4. The molecule has 0 bridgehead atoms. The van der Waals surface area contributed by atoms with Crippen LogP contribution < -0.4 is 5.73 Å². The fourth-order valence-corrected chi connectivity index (χ4v) is 3.14. The lowest BCUT2D eigenvalue weighted by Crippen LogP contribution is -2.26. The average Bonchev–Trinajstić information content (AvgIpc) is 2.55. The zero-order valence-electron chi connectivity index (χ0n) is 11.4. The van der Waals surface area contributed by atoms with Gasteiger partial charge in [-0.05, 0) is 36.5 Å². The van der Waals surface area contributed by atoms with Crippen LogP contribution in [0.4, 0.5) is 8.78 Å². The average molecular weight is 267 g/mol. The van der Waals surface area contributed by atoms with Crippen LogP contribution in [0.25, 0.3) is 0 Å². The maximum atomic E-state index is 13.1. The largest absolute Gasteiger partial charge is 0.327 e. The molecule has 0 heterocycles. The summed E-state index contributed by atoms with van der Waals surface area (Å²) >= 11 is 0. The van der Waals surface area contributed by atoms with E-state index in [2.05, 4.69) is 0 Å². The van der Waals surface area contributed by atoms with Crippen LogP contribution in [0.2, 0.25) is 0 Å². The standard InChI is InChI=1S/C16H23F2N/c17-14-7-13(8-15(18)11-14)10-16(19)9-12-5-3-1-2-4-6-12/h7-8,11-12,16H,1-6,9-10,19H2. The number of nitrogens with two attached hydrogens (primary N) is 1. The quantitative estimate of drug-likeness (QED) is 0.813. The van der Waals surface area contributed by atoms with Crippen LogP contribution in [-0.4, -0.2) is 6.04 Å². The Labute approximate surface area is 114 Å². The fourth-order valence-electron chi connectivity index (χ4n) is 3.14. The van der Waals surface area contributed by atoms with Crippen LogP contribution in [-0.2, 0) is 6.42 Å². The van der Waals surface area contributed by atoms with Crippen molar-refractivity contribution in [1.82, 2.24) is 0 Å². The van der Waals surface area contributed by atoms with E-state index in [1.165, 1.54) is 50.7 Å². The molecule has 1 aliphatic carbocycles. The van der Waals surface area contributed by atoms with E-state index in [1.54, 1.807) is 0 Å². The molecule has 106 valence electrons. The van der Waals surface area contributed by atoms with E-state index in [1.807, 2.05) is 0 Å². The van der Waals surface area contributed by atoms with Gasteiger partial charge in [-0.25, -0.2) is 8.78 Å². The molecule has 2 N–H and O–H groups in total. The number of benzene rings is 1. The van der Waals surface area contributed by atoms with Gasteiger partial charge in [0.1, 0.15) is 11.6 Å². The zero-order valence-corrected chi connectivity index (χ0v) is 11.4. The predicted octanol–water partition coefficient (Wildman–Crippen LogP) is 4.20. The second-order valence-electron chi connectivity index (χ2n) is 5.84. The maximum Gasteiger partial charge on any atom is 0.126 e. The SMILES string of the molecule is NC(Cc1cc(F)cc(F)c1)CC1CCCCCC1. The summed E-state index contributed by atoms with van der Waals surface area (Å²) in [6.07, 6.45) is 9.30. The van der Waals surface area contributed by atoms with Crippen LogP contribution >= 0.6 is 0 Å². The summed E-state index contributed by atoms with van der Waals surface area (Å²) < 4.78 is 26.2. The minimum absolute atomic E-state index is 0.00398. The molecule has 1 aromatic carbocycles. The summed E-state index contributed by atoms with van der Waals surface area (Å²) in [6, 6.07) is 3.68. The molecular formula is C16H23F2N. The van der Waals surface area contributed by atoms with Gasteiger partial charge in [-0.3, -0.25) is 0 Å². The Morgan fingerprint density at radius 3 is 2.16 bits per heavy atom. The maximum absolute atomic E-state index is 13.1. The third-order valence-electron chi connectivity index (χ3n) is 4.03. The van der Waals surface area contributed by atoms with Gasteiger partial charge in [0, 0.05) is 12.1 Å². The third kappa shape index (κ3) is 4.90. The van der Waals surface area contributed by atoms with Crippen LogP contribution in [0.5, 0.6) is 0 Å². The van der Waals surface area contributed by atoms with Crippen molar-refractivity contribution in [2.45, 2.75) is 57.4 Å². The van der Waals surface area contributed by atoms with E-state index in [9.17, 15) is 8.78 Å². The van der Waals surface area contributed by atoms with E-state index in [4.69, 9.17) is 5.73 Å². The van der Waals surface area contributed by atoms with Crippen molar-refractivity contribution in [2.75, 3.05) is 0 Å². The van der Waals surface area contributed by atoms with Gasteiger partial charge < -0.3 is 5.73 Å². The lowest BCUT2D eigenvalue weighted by molar-refractivity contribution is 0.386. The molecular weight excluding hydrogens is 244 g/mol. The lowest BCUT2D eigenvalue weighted by Gasteiger charge is -2.19. The topological polar surface area (TPSA) is 26.0 Å². The van der Waals surface area contributed by atoms with Crippen LogP contribution in [0.15, 0.2) is 18.2 Å². The van der Waals surface area contributed by atoms with Gasteiger partial charge in [-0.2, -0.15) is 0 Å². The Hall–Kier alpha value is -0.960. The van der Waals surface area contributed by atoms with Gasteiger partial charge >= 0.3 is 0 Å². The molecule has 1 unspecified atom stereocenters. The van der Waals surface area contributed by atoms with Gasteiger partial charge in [-0.1, -0.05) is 38.5 Å². The molecule has 3 heteroatoms. The first-order chi connectivity index (χ1) is 9.13. The van der Waals surface area contributed by atoms with Gasteiger partial charge in [0.2, 0.25) is 0 Å². The highest BCUT2D eigenvalue weighted by molar-refractivity contribution is 5.18. The van der Waals surface area contributed by atoms with Gasteiger partial charge in [0.15, 0.2) is 0 Å². The predicted molar refractivity (Wildman–Crippen MR) is 73.8 cm³/mol. The molecule has 1 aromatic rings. The minimum Gasteiger partial charge on any atom is -0.327 e. The molecule has 1 nitrogen and oxygen atoms in total. The minimum atomic E-state index is -0.517. The van der Waals surface area contributed by atoms with E-state index in [0.29, 0.717) is 17.9 Å². The van der Waals surface area contributed by atoms with Crippen LogP contribution in [0, 0.1) is 17.6 Å². The molecule has 1 fully saturated rings. The van der Waals surface area contributed by atoms with Crippen LogP contribution in [0.3, 0.4) is 0 Å². The Kier molecular flexibility index (Phi) is 5.32. The van der Waals surface area contributed by atoms with Crippen molar-refractivity contribution < 1.29 is 8.78 Å². The molecule has 0 radical (unpaired) electrons. The van der Waals surface area contributed by atoms with Crippen molar-refractivity contribution >= 4 is 0 Å². The first-order valence-corrected chi connectivity index (χ1v) is 7.34. The number of halogens is 2. The smallest absolute Gasteiger partial charge is 0.126 e. The Balaban J connectivity index is 1.87. The summed E-state index contributed by atoms with van der Waals surface area (Å²) in [7, 11) is 0. The monoisotopic (exact) mass is 267 g/mol. The summed E-state index contributed by atoms with van der Waals surface area (Å²) in [5, 5.41) is 0. The Morgan fingerprint density at radius 1 is 1.00 bits per heavy atom. The highest BCUT2D eigenvalue weighted by Gasteiger charge is 2.16. The first-order valence-electron chi connectivity index (χ1n) is 7.34. The molecule has 0 amide bonds. The second kappa shape index (κ2) is 6.99. The molecule has 2 rings (SSSR count). The third-order valence-corrected chi connectivity index (χ3v) is 4.03. The van der Waals surface area contributed by atoms with Gasteiger partial charge in [0.05, 0.1) is 0 Å². The molecule has 0 aliphatic heterocycles. The second-order valence-corrected chi connectivity index (χ2v) is 5.84. The summed E-state index contributed by atoms with van der Waals surface area (Å²) in [4.78, 5) is 0. The summed E-state index contributed by atoms with van der Waals surface area (Å²) in [5.74, 6) is -0.343. The molecule has 1 saturated carbocycles. The summed E-state index contributed by atoms with van der Waals surface area (Å²) in [6.45, 7) is 0. The van der Waals surface area contributed by atoms with Crippen LogP contribution in [0.1, 0.15) is 50.5 Å². The molecule has 1 atom stereocenters. The van der Waals surface area contributed by atoms with Crippen molar-refractivity contribution in [3.63, 3.8) is 0 Å².